The van der Waals surface area contributed by atoms with E-state index in [9.17, 15) is 37.2 Å². The molecule has 0 saturated carbocycles. The van der Waals surface area contributed by atoms with Crippen molar-refractivity contribution in [3.63, 3.8) is 0 Å². The van der Waals surface area contributed by atoms with Crippen LogP contribution >= 0.6 is 0 Å². The van der Waals surface area contributed by atoms with Gasteiger partial charge in [-0.05, 0) is 61.8 Å². The molecule has 0 spiro atoms. The van der Waals surface area contributed by atoms with Gasteiger partial charge in [0.2, 0.25) is 23.6 Å². The number of carbonyl (C=O) groups is 6. The Kier molecular flexibility index (Phi) is 19.3. The highest BCUT2D eigenvalue weighted by molar-refractivity contribution is 7.90. The molecule has 0 aromatic heterocycles. The molecule has 0 aliphatic rings. The minimum Gasteiger partial charge on any atom is -0.352 e. The summed E-state index contributed by atoms with van der Waals surface area (Å²) in [5.41, 5.74) is 10.5. The summed E-state index contributed by atoms with van der Waals surface area (Å²) in [5.74, 6) is -3.64. The van der Waals surface area contributed by atoms with Crippen molar-refractivity contribution in [2.45, 2.75) is 123 Å². The van der Waals surface area contributed by atoms with Crippen LogP contribution in [-0.2, 0) is 39.4 Å². The van der Waals surface area contributed by atoms with E-state index in [4.69, 9.17) is 11.5 Å². The molecule has 2 aromatic carbocycles. The van der Waals surface area contributed by atoms with Gasteiger partial charge in [-0.2, -0.15) is 0 Å². The first-order chi connectivity index (χ1) is 28.7. The SMILES string of the molecule is CNC(C(=O)NC(C(=O)N(C)C(C=C(C)C(=O)NS(=O)(=O)c1ccccc1NC(=O)C(CCCNC(N)=O)NC(=O)C(N)C(C)C)C(C)C)C(C)(C)C)C(C)(C)c1ccccc1. The lowest BCUT2D eigenvalue weighted by Gasteiger charge is -2.40. The first-order valence-corrected chi connectivity index (χ1v) is 22.2. The van der Waals surface area contributed by atoms with Crippen LogP contribution in [0.5, 0.6) is 0 Å². The number of urea groups is 1. The van der Waals surface area contributed by atoms with Crippen LogP contribution < -0.4 is 42.8 Å². The third-order valence-corrected chi connectivity index (χ3v) is 12.1. The van der Waals surface area contributed by atoms with Crippen molar-refractivity contribution in [2.75, 3.05) is 26.0 Å². The molecular weight excluding hydrogens is 815 g/mol. The Labute approximate surface area is 367 Å². The maximum Gasteiger partial charge on any atom is 0.312 e. The maximum atomic E-state index is 14.3. The van der Waals surface area contributed by atoms with Crippen molar-refractivity contribution in [2.24, 2.45) is 28.7 Å². The quantitative estimate of drug-likeness (QED) is 0.0672. The van der Waals surface area contributed by atoms with Crippen LogP contribution in [0.15, 0.2) is 71.1 Å². The number of likely N-dealkylation sites (N-methyl/N-ethyl adjacent to an activating group) is 2. The Bertz CT molecular complexity index is 2030. The van der Waals surface area contributed by atoms with Gasteiger partial charge in [-0.15, -0.1) is 0 Å². The molecule has 2 aromatic rings. The molecule has 0 aliphatic carbocycles. The van der Waals surface area contributed by atoms with Gasteiger partial charge in [0.1, 0.15) is 17.0 Å². The summed E-state index contributed by atoms with van der Waals surface area (Å²) in [6.07, 6.45) is 1.77. The molecule has 7 amide bonds. The van der Waals surface area contributed by atoms with Crippen LogP contribution in [-0.4, -0.2) is 99.7 Å². The summed E-state index contributed by atoms with van der Waals surface area (Å²) < 4.78 is 29.6. The minimum absolute atomic E-state index is 0.0153. The monoisotopic (exact) mass is 883 g/mol. The molecule has 17 nitrogen and oxygen atoms in total. The van der Waals surface area contributed by atoms with Crippen LogP contribution in [0.1, 0.15) is 87.6 Å². The Hall–Kier alpha value is -5.33. The molecule has 0 aliphatic heterocycles. The number of hydrogen-bond donors (Lipinski definition) is 8. The molecule has 0 bridgehead atoms. The Morgan fingerprint density at radius 1 is 0.806 bits per heavy atom. The number of nitrogens with zero attached hydrogens (tertiary/aromatic N) is 1. The number of anilines is 1. The molecule has 10 N–H and O–H groups in total. The molecule has 5 atom stereocenters. The zero-order valence-electron chi connectivity index (χ0n) is 38.2. The predicted molar refractivity (Wildman–Crippen MR) is 241 cm³/mol. The van der Waals surface area contributed by atoms with Gasteiger partial charge >= 0.3 is 6.03 Å². The maximum absolute atomic E-state index is 14.3. The number of para-hydroxylation sites is 1. The van der Waals surface area contributed by atoms with Crippen molar-refractivity contribution in [1.82, 2.24) is 30.9 Å². The Morgan fingerprint density at radius 3 is 1.92 bits per heavy atom. The van der Waals surface area contributed by atoms with Gasteiger partial charge < -0.3 is 43.0 Å². The van der Waals surface area contributed by atoms with E-state index in [0.29, 0.717) is 0 Å². The lowest BCUT2D eigenvalue weighted by Crippen LogP contribution is -2.61. The second kappa shape index (κ2) is 22.7. The number of sulfonamides is 1. The standard InChI is InChI=1S/C44H69N9O8S/c1-26(2)32(53(12)41(58)36(43(6,7)8)51-40(57)35(47-11)44(9,10)29-19-14-13-15-20-29)25-28(5)37(54)52-62(60,61)33-23-17-16-21-30(33)49-38(55)31(22-18-24-48-42(46)59)50-39(56)34(45)27(3)4/h13-17,19-21,23,25-27,31-32,34-36,47H,18,22,24,45H2,1-12H3,(H,49,55)(H,50,56)(H,51,57)(H,52,54)(H3,46,48,59). The number of benzene rings is 2. The van der Waals surface area contributed by atoms with Crippen LogP contribution in [0.2, 0.25) is 0 Å². The normalized spacial score (nSPS) is 14.8. The highest BCUT2D eigenvalue weighted by Gasteiger charge is 2.42. The predicted octanol–water partition coefficient (Wildman–Crippen LogP) is 2.87. The fourth-order valence-corrected chi connectivity index (χ4v) is 7.98. The largest absolute Gasteiger partial charge is 0.352 e. The summed E-state index contributed by atoms with van der Waals surface area (Å²) in [4.78, 5) is 80.5. The lowest BCUT2D eigenvalue weighted by molar-refractivity contribution is -0.140. The average Bonchev–Trinajstić information content (AvgIpc) is 3.18. The molecule has 18 heteroatoms. The molecule has 2 rings (SSSR count). The van der Waals surface area contributed by atoms with Crippen molar-refractivity contribution >= 4 is 51.3 Å². The third kappa shape index (κ3) is 14.7. The number of primary amides is 1. The molecule has 0 fully saturated rings. The number of carbonyl (C=O) groups excluding carboxylic acids is 6. The van der Waals surface area contributed by atoms with Gasteiger partial charge in [-0.3, -0.25) is 24.0 Å². The summed E-state index contributed by atoms with van der Waals surface area (Å²) >= 11 is 0. The van der Waals surface area contributed by atoms with E-state index >= 15 is 0 Å². The number of amides is 7. The average molecular weight is 884 g/mol. The molecular formula is C44H69N9O8S. The number of rotatable bonds is 21. The number of nitrogens with two attached hydrogens (primary N) is 2. The third-order valence-electron chi connectivity index (χ3n) is 10.7. The van der Waals surface area contributed by atoms with Crippen LogP contribution in [0.25, 0.3) is 0 Å². The summed E-state index contributed by atoms with van der Waals surface area (Å²) in [7, 11) is -1.36. The first-order valence-electron chi connectivity index (χ1n) is 20.7. The van der Waals surface area contributed by atoms with E-state index in [1.807, 2.05) is 78.8 Å². The van der Waals surface area contributed by atoms with Crippen molar-refractivity contribution in [3.8, 4) is 0 Å². The zero-order chi connectivity index (χ0) is 47.3. The van der Waals surface area contributed by atoms with Crippen molar-refractivity contribution in [1.29, 1.82) is 0 Å². The molecule has 0 heterocycles. The van der Waals surface area contributed by atoms with Crippen LogP contribution in [0.3, 0.4) is 0 Å². The van der Waals surface area contributed by atoms with E-state index in [1.165, 1.54) is 42.2 Å². The van der Waals surface area contributed by atoms with E-state index in [-0.39, 0.29) is 48.4 Å². The molecule has 62 heavy (non-hydrogen) atoms. The highest BCUT2D eigenvalue weighted by atomic mass is 32.2. The molecule has 0 radical (unpaired) electrons. The van der Waals surface area contributed by atoms with Crippen LogP contribution in [0, 0.1) is 17.3 Å². The Balaban J connectivity index is 2.37. The second-order valence-electron chi connectivity index (χ2n) is 17.8. The first kappa shape index (κ1) is 52.8. The second-order valence-corrected chi connectivity index (χ2v) is 19.5. The van der Waals surface area contributed by atoms with E-state index < -0.39 is 85.6 Å². The molecule has 344 valence electrons. The van der Waals surface area contributed by atoms with Gasteiger partial charge in [0.05, 0.1) is 23.8 Å². The fraction of sp³-hybridized carbons (Fsp3) is 0.545. The summed E-state index contributed by atoms with van der Waals surface area (Å²) in [6, 6.07) is 9.75. The number of nitrogens with one attached hydrogen (secondary N) is 6. The topological polar surface area (TPSA) is 264 Å². The highest BCUT2D eigenvalue weighted by Crippen LogP contribution is 2.29. The summed E-state index contributed by atoms with van der Waals surface area (Å²) in [5, 5.41) is 13.7. The van der Waals surface area contributed by atoms with Gasteiger partial charge in [0.25, 0.3) is 15.9 Å². The van der Waals surface area contributed by atoms with Gasteiger partial charge in [-0.1, -0.05) is 111 Å². The molecule has 5 unspecified atom stereocenters. The Morgan fingerprint density at radius 2 is 1.39 bits per heavy atom. The minimum atomic E-state index is -4.62. The van der Waals surface area contributed by atoms with Gasteiger partial charge in [0, 0.05) is 24.6 Å². The summed E-state index contributed by atoms with van der Waals surface area (Å²) in [6.45, 7) is 18.1. The van der Waals surface area contributed by atoms with Crippen LogP contribution in [0.4, 0.5) is 10.5 Å². The van der Waals surface area contributed by atoms with Gasteiger partial charge in [-0.25, -0.2) is 17.9 Å². The van der Waals surface area contributed by atoms with Crippen molar-refractivity contribution < 1.29 is 37.2 Å². The smallest absolute Gasteiger partial charge is 0.312 e. The molecule has 0 saturated heterocycles. The number of hydrogen-bond acceptors (Lipinski definition) is 10. The lowest BCUT2D eigenvalue weighted by atomic mass is 9.76. The van der Waals surface area contributed by atoms with E-state index in [2.05, 4.69) is 31.3 Å². The van der Waals surface area contributed by atoms with E-state index in [1.54, 1.807) is 27.9 Å². The fourth-order valence-electron chi connectivity index (χ4n) is 6.80. The van der Waals surface area contributed by atoms with Gasteiger partial charge in [0.15, 0.2) is 0 Å². The zero-order valence-corrected chi connectivity index (χ0v) is 39.0. The van der Waals surface area contributed by atoms with Crippen molar-refractivity contribution in [3.05, 3.63) is 71.8 Å². The van der Waals surface area contributed by atoms with E-state index in [0.717, 1.165) is 5.56 Å².